The lowest BCUT2D eigenvalue weighted by atomic mass is 10.1. The van der Waals surface area contributed by atoms with E-state index in [2.05, 4.69) is 26.0 Å². The van der Waals surface area contributed by atoms with Crippen LogP contribution >= 0.6 is 39.3 Å². The molecule has 2 aliphatic heterocycles. The molecule has 2 heterocycles. The van der Waals surface area contributed by atoms with E-state index in [4.69, 9.17) is 21.7 Å². The number of carbonyl (C=O) groups excluding carboxylic acids is 1. The van der Waals surface area contributed by atoms with Crippen LogP contribution in [0.5, 0.6) is 5.75 Å². The Morgan fingerprint density at radius 2 is 2.07 bits per heavy atom. The van der Waals surface area contributed by atoms with Crippen molar-refractivity contribution < 1.29 is 9.53 Å². The van der Waals surface area contributed by atoms with Crippen LogP contribution in [0, 0.1) is 5.41 Å². The second-order valence-corrected chi connectivity index (χ2v) is 8.17. The van der Waals surface area contributed by atoms with E-state index in [0.29, 0.717) is 27.6 Å². The Balaban J connectivity index is 1.64. The van der Waals surface area contributed by atoms with Crippen molar-refractivity contribution in [3.63, 3.8) is 0 Å². The molecule has 2 aliphatic rings. The average molecular weight is 490 g/mol. The second kappa shape index (κ2) is 8.52. The summed E-state index contributed by atoms with van der Waals surface area (Å²) in [5, 5.41) is 16.5. The first-order valence-corrected chi connectivity index (χ1v) is 10.9. The highest BCUT2D eigenvalue weighted by Gasteiger charge is 2.36. The molecule has 1 N–H and O–H groups in total. The van der Waals surface area contributed by atoms with E-state index in [1.54, 1.807) is 12.1 Å². The number of hydrogen-bond donors (Lipinski definition) is 1. The van der Waals surface area contributed by atoms with Gasteiger partial charge in [0, 0.05) is 10.9 Å². The van der Waals surface area contributed by atoms with Crippen LogP contribution in [-0.4, -0.2) is 38.9 Å². The van der Waals surface area contributed by atoms with Crippen LogP contribution in [0.25, 0.3) is 6.08 Å². The lowest BCUT2D eigenvalue weighted by Gasteiger charge is -2.20. The number of halogens is 2. The smallest absolute Gasteiger partial charge is 0.283 e. The fourth-order valence-electron chi connectivity index (χ4n) is 2.75. The lowest BCUT2D eigenvalue weighted by molar-refractivity contribution is -0.114. The normalized spacial score (nSPS) is 17.3. The van der Waals surface area contributed by atoms with Crippen LogP contribution in [0.1, 0.15) is 11.1 Å². The average Bonchev–Trinajstić information content (AvgIpc) is 3.14. The number of rotatable bonds is 5. The van der Waals surface area contributed by atoms with Gasteiger partial charge in [-0.3, -0.25) is 10.2 Å². The van der Waals surface area contributed by atoms with Gasteiger partial charge in [0.1, 0.15) is 10.8 Å². The third-order valence-electron chi connectivity index (χ3n) is 4.07. The van der Waals surface area contributed by atoms with Crippen LogP contribution in [0.3, 0.4) is 0 Å². The van der Waals surface area contributed by atoms with Gasteiger partial charge in [0.2, 0.25) is 5.17 Å². The van der Waals surface area contributed by atoms with E-state index in [1.165, 1.54) is 16.8 Å². The molecular weight excluding hydrogens is 476 g/mol. The maximum Gasteiger partial charge on any atom is 0.283 e. The minimum absolute atomic E-state index is 0.0265. The number of aliphatic imine (C=N–C) groups is 1. The van der Waals surface area contributed by atoms with Gasteiger partial charge in [-0.15, -0.1) is 0 Å². The number of thioether (sulfide) groups is 1. The van der Waals surface area contributed by atoms with E-state index in [0.717, 1.165) is 16.5 Å². The molecule has 0 bridgehead atoms. The van der Waals surface area contributed by atoms with Crippen LogP contribution in [0.15, 0.2) is 64.2 Å². The monoisotopic (exact) mass is 488 g/mol. The Hall–Kier alpha value is -2.42. The minimum Gasteiger partial charge on any atom is -0.493 e. The highest BCUT2D eigenvalue weighted by Crippen LogP contribution is 2.33. The fourth-order valence-corrected chi connectivity index (χ4v) is 4.13. The SMILES string of the molecule is N=C1/C(=C/c2cccc(OCCBr)c2)C(=O)N=C2SC(c3ccccc3Cl)=NN12. The number of amides is 1. The topological polar surface area (TPSA) is 78.1 Å². The molecule has 0 unspecified atom stereocenters. The number of amidine groups is 2. The lowest BCUT2D eigenvalue weighted by Crippen LogP contribution is -2.35. The molecule has 0 atom stereocenters. The van der Waals surface area contributed by atoms with Gasteiger partial charge in [-0.05, 0) is 41.6 Å². The second-order valence-electron chi connectivity index (χ2n) is 6.01. The van der Waals surface area contributed by atoms with Crippen molar-refractivity contribution in [2.24, 2.45) is 10.1 Å². The van der Waals surface area contributed by atoms with E-state index in [-0.39, 0.29) is 11.4 Å². The molecule has 1 amide bonds. The number of carbonyl (C=O) groups is 1. The summed E-state index contributed by atoms with van der Waals surface area (Å²) >= 11 is 10.8. The van der Waals surface area contributed by atoms with Crippen LogP contribution in [0.4, 0.5) is 0 Å². The summed E-state index contributed by atoms with van der Waals surface area (Å²) in [6.07, 6.45) is 1.62. The van der Waals surface area contributed by atoms with Crippen LogP contribution in [-0.2, 0) is 4.79 Å². The minimum atomic E-state index is -0.476. The van der Waals surface area contributed by atoms with Crippen molar-refractivity contribution in [1.82, 2.24) is 5.01 Å². The van der Waals surface area contributed by atoms with Crippen molar-refractivity contribution in [3.8, 4) is 5.75 Å². The van der Waals surface area contributed by atoms with Crippen molar-refractivity contribution in [2.75, 3.05) is 11.9 Å². The number of alkyl halides is 1. The molecular formula is C20H14BrClN4O2S. The standard InChI is InChI=1S/C20H14BrClN4O2S/c21-8-9-28-13-5-3-4-12(10-13)11-15-17(23)26-20(24-18(15)27)29-19(25-26)14-6-1-2-7-16(14)22/h1-7,10-11,23H,8-9H2/b15-11-,23-17?. The predicted molar refractivity (Wildman–Crippen MR) is 121 cm³/mol. The molecule has 6 nitrogen and oxygen atoms in total. The summed E-state index contributed by atoms with van der Waals surface area (Å²) in [5.41, 5.74) is 1.64. The van der Waals surface area contributed by atoms with E-state index >= 15 is 0 Å². The first-order valence-electron chi connectivity index (χ1n) is 8.61. The number of hydrogen-bond acceptors (Lipinski definition) is 5. The third kappa shape index (κ3) is 4.14. The van der Waals surface area contributed by atoms with Crippen molar-refractivity contribution in [1.29, 1.82) is 5.41 Å². The van der Waals surface area contributed by atoms with Gasteiger partial charge < -0.3 is 4.74 Å². The quantitative estimate of drug-likeness (QED) is 0.484. The number of benzene rings is 2. The number of fused-ring (bicyclic) bond motifs is 1. The predicted octanol–water partition coefficient (Wildman–Crippen LogP) is 4.78. The fraction of sp³-hybridized carbons (Fsp3) is 0.100. The molecule has 0 aliphatic carbocycles. The molecule has 29 heavy (non-hydrogen) atoms. The molecule has 4 rings (SSSR count). The first-order chi connectivity index (χ1) is 14.1. The molecule has 0 radical (unpaired) electrons. The van der Waals surface area contributed by atoms with E-state index in [1.807, 2.05) is 42.5 Å². The molecule has 0 saturated heterocycles. The number of nitrogens with one attached hydrogen (secondary N) is 1. The van der Waals surface area contributed by atoms with Gasteiger partial charge in [0.25, 0.3) is 5.91 Å². The molecule has 0 spiro atoms. The molecule has 0 saturated carbocycles. The molecule has 146 valence electrons. The highest BCUT2D eigenvalue weighted by atomic mass is 79.9. The first kappa shape index (κ1) is 19.9. The van der Waals surface area contributed by atoms with Crippen molar-refractivity contribution >= 4 is 67.3 Å². The summed E-state index contributed by atoms with van der Waals surface area (Å²) in [6, 6.07) is 14.6. The van der Waals surface area contributed by atoms with E-state index in [9.17, 15) is 4.79 Å². The summed E-state index contributed by atoms with van der Waals surface area (Å²) in [4.78, 5) is 16.7. The summed E-state index contributed by atoms with van der Waals surface area (Å²) in [7, 11) is 0. The maximum absolute atomic E-state index is 12.6. The molecule has 0 fully saturated rings. The Bertz CT molecular complexity index is 1100. The Kier molecular flexibility index (Phi) is 5.84. The number of ether oxygens (including phenoxy) is 1. The van der Waals surface area contributed by atoms with Crippen LogP contribution in [0.2, 0.25) is 5.02 Å². The Labute approximate surface area is 184 Å². The van der Waals surface area contributed by atoms with Gasteiger partial charge in [-0.1, -0.05) is 57.9 Å². The zero-order valence-electron chi connectivity index (χ0n) is 14.9. The molecule has 9 heteroatoms. The molecule has 0 aromatic heterocycles. The summed E-state index contributed by atoms with van der Waals surface area (Å²) in [6.45, 7) is 0.535. The Morgan fingerprint density at radius 1 is 1.24 bits per heavy atom. The number of hydrazone groups is 1. The maximum atomic E-state index is 12.6. The largest absolute Gasteiger partial charge is 0.493 e. The van der Waals surface area contributed by atoms with E-state index < -0.39 is 5.91 Å². The van der Waals surface area contributed by atoms with Gasteiger partial charge >= 0.3 is 0 Å². The summed E-state index contributed by atoms with van der Waals surface area (Å²) in [5.74, 6) is 0.186. The highest BCUT2D eigenvalue weighted by molar-refractivity contribution is 9.09. The van der Waals surface area contributed by atoms with Crippen LogP contribution < -0.4 is 4.74 Å². The Morgan fingerprint density at radius 3 is 2.86 bits per heavy atom. The van der Waals surface area contributed by atoms with Gasteiger partial charge in [-0.2, -0.15) is 15.1 Å². The molecule has 2 aromatic carbocycles. The van der Waals surface area contributed by atoms with Gasteiger partial charge in [0.15, 0.2) is 5.84 Å². The van der Waals surface area contributed by atoms with Gasteiger partial charge in [0.05, 0.1) is 17.2 Å². The third-order valence-corrected chi connectivity index (χ3v) is 5.67. The zero-order valence-corrected chi connectivity index (χ0v) is 18.1. The van der Waals surface area contributed by atoms with Crippen molar-refractivity contribution in [2.45, 2.75) is 0 Å². The molecule has 2 aromatic rings. The van der Waals surface area contributed by atoms with Gasteiger partial charge in [-0.25, -0.2) is 0 Å². The summed E-state index contributed by atoms with van der Waals surface area (Å²) < 4.78 is 5.59. The zero-order chi connectivity index (χ0) is 20.4. The van der Waals surface area contributed by atoms with Crippen molar-refractivity contribution in [3.05, 3.63) is 70.3 Å². The number of nitrogens with zero attached hydrogens (tertiary/aromatic N) is 3.